The van der Waals surface area contributed by atoms with Crippen molar-refractivity contribution < 1.29 is 10.2 Å². The smallest absolute Gasteiger partial charge is 0.177 e. The Kier molecular flexibility index (Phi) is 6.60. The number of aromatic hydroxyl groups is 2. The van der Waals surface area contributed by atoms with E-state index >= 15 is 0 Å². The van der Waals surface area contributed by atoms with E-state index in [1.807, 2.05) is 43.9 Å². The van der Waals surface area contributed by atoms with Crippen LogP contribution >= 0.6 is 12.2 Å². The first-order valence-electron chi connectivity index (χ1n) is 10.5. The van der Waals surface area contributed by atoms with Gasteiger partial charge in [-0.15, -0.1) is 0 Å². The van der Waals surface area contributed by atoms with Gasteiger partial charge in [-0.25, -0.2) is 0 Å². The molecule has 0 fully saturated rings. The summed E-state index contributed by atoms with van der Waals surface area (Å²) < 4.78 is 2.16. The van der Waals surface area contributed by atoms with Gasteiger partial charge in [-0.2, -0.15) is 0 Å². The number of phenolic OH excluding ortho intramolecular Hbond substituents is 2. The molecule has 0 atom stereocenters. The molecule has 2 aromatic carbocycles. The van der Waals surface area contributed by atoms with Crippen molar-refractivity contribution in [3.8, 4) is 11.5 Å². The highest BCUT2D eigenvalue weighted by Crippen LogP contribution is 2.39. The lowest BCUT2D eigenvalue weighted by Gasteiger charge is -2.29. The summed E-state index contributed by atoms with van der Waals surface area (Å²) in [5, 5.41) is 25.8. The number of rotatable bonds is 5. The zero-order valence-electron chi connectivity index (χ0n) is 19.0. The molecule has 6 heteroatoms. The number of allylic oxidation sites excluding steroid dienone is 1. The summed E-state index contributed by atoms with van der Waals surface area (Å²) >= 11 is 5.69. The van der Waals surface area contributed by atoms with Crippen LogP contribution in [0.5, 0.6) is 11.5 Å². The minimum absolute atomic E-state index is 0.0159. The van der Waals surface area contributed by atoms with Crippen LogP contribution in [0.1, 0.15) is 49.9 Å². The number of hydrogen-bond donors (Lipinski definition) is 3. The Morgan fingerprint density at radius 1 is 1.16 bits per heavy atom. The molecule has 3 rings (SSSR count). The molecule has 3 N–H and O–H groups in total. The van der Waals surface area contributed by atoms with Crippen molar-refractivity contribution in [2.24, 2.45) is 7.05 Å². The molecule has 31 heavy (non-hydrogen) atoms. The number of benzene rings is 2. The van der Waals surface area contributed by atoms with Crippen LogP contribution in [0, 0.1) is 6.92 Å². The maximum atomic E-state index is 10.8. The van der Waals surface area contributed by atoms with Crippen LogP contribution in [0.2, 0.25) is 0 Å². The zero-order valence-corrected chi connectivity index (χ0v) is 19.8. The molecule has 3 aromatic rings. The van der Waals surface area contributed by atoms with Crippen molar-refractivity contribution in [1.29, 1.82) is 0 Å². The van der Waals surface area contributed by atoms with Gasteiger partial charge in [0, 0.05) is 48.0 Å². The van der Waals surface area contributed by atoms with E-state index in [0.717, 1.165) is 34.3 Å². The van der Waals surface area contributed by atoms with Gasteiger partial charge in [0.05, 0.1) is 5.70 Å². The number of nitrogens with one attached hydrogen (secondary N) is 1. The Morgan fingerprint density at radius 2 is 1.87 bits per heavy atom. The molecule has 1 heterocycles. The molecule has 0 unspecified atom stereocenters. The Morgan fingerprint density at radius 3 is 2.48 bits per heavy atom. The largest absolute Gasteiger partial charge is 0.508 e. The Hall–Kier alpha value is -2.99. The highest BCUT2D eigenvalue weighted by Gasteiger charge is 2.23. The van der Waals surface area contributed by atoms with Gasteiger partial charge in [0.15, 0.2) is 5.11 Å². The van der Waals surface area contributed by atoms with Gasteiger partial charge in [-0.05, 0) is 67.4 Å². The Balaban J connectivity index is 2.24. The van der Waals surface area contributed by atoms with Crippen molar-refractivity contribution in [2.75, 3.05) is 11.9 Å². The second-order valence-electron chi connectivity index (χ2n) is 8.06. The SMILES string of the molecule is CCC=C(c1cc(C(C)C)c(O)cc1O)N(C(=S)NC)c1ccc2c(c1)cc(C)n2C. The van der Waals surface area contributed by atoms with Crippen molar-refractivity contribution >= 4 is 39.6 Å². The third-order valence-corrected chi connectivity index (χ3v) is 6.01. The van der Waals surface area contributed by atoms with Crippen LogP contribution in [-0.2, 0) is 7.05 Å². The number of nitrogens with zero attached hydrogens (tertiary/aromatic N) is 2. The number of fused-ring (bicyclic) bond motifs is 1. The third-order valence-electron chi connectivity index (χ3n) is 5.62. The van der Waals surface area contributed by atoms with E-state index in [-0.39, 0.29) is 17.4 Å². The van der Waals surface area contributed by atoms with Crippen LogP contribution in [0.3, 0.4) is 0 Å². The summed E-state index contributed by atoms with van der Waals surface area (Å²) in [6.45, 7) is 8.16. The molecule has 0 radical (unpaired) electrons. The molecule has 0 saturated carbocycles. The predicted octanol–water partition coefficient (Wildman–Crippen LogP) is 5.78. The minimum Gasteiger partial charge on any atom is -0.508 e. The molecular weight excluding hydrogens is 406 g/mol. The maximum Gasteiger partial charge on any atom is 0.177 e. The second kappa shape index (κ2) is 9.02. The minimum atomic E-state index is 0.0159. The first kappa shape index (κ1) is 22.7. The lowest BCUT2D eigenvalue weighted by Crippen LogP contribution is -2.36. The number of hydrogen-bond acceptors (Lipinski definition) is 3. The summed E-state index contributed by atoms with van der Waals surface area (Å²) in [4.78, 5) is 1.94. The van der Waals surface area contributed by atoms with Crippen molar-refractivity contribution in [1.82, 2.24) is 9.88 Å². The number of thiocarbonyl (C=S) groups is 1. The maximum absolute atomic E-state index is 10.8. The third kappa shape index (κ3) is 4.26. The monoisotopic (exact) mass is 437 g/mol. The summed E-state index contributed by atoms with van der Waals surface area (Å²) in [6, 6.07) is 11.7. The van der Waals surface area contributed by atoms with Crippen molar-refractivity contribution in [2.45, 2.75) is 40.0 Å². The van der Waals surface area contributed by atoms with Gasteiger partial charge in [0.2, 0.25) is 0 Å². The average molecular weight is 438 g/mol. The lowest BCUT2D eigenvalue weighted by molar-refractivity contribution is 0.443. The molecule has 0 aliphatic heterocycles. The molecular formula is C25H31N3O2S. The van der Waals surface area contributed by atoms with Gasteiger partial charge in [-0.1, -0.05) is 26.8 Å². The first-order chi connectivity index (χ1) is 14.7. The van der Waals surface area contributed by atoms with Crippen molar-refractivity contribution in [3.63, 3.8) is 0 Å². The fourth-order valence-corrected chi connectivity index (χ4v) is 4.07. The highest BCUT2D eigenvalue weighted by atomic mass is 32.1. The van der Waals surface area contributed by atoms with Gasteiger partial charge < -0.3 is 20.1 Å². The van der Waals surface area contributed by atoms with E-state index in [2.05, 4.69) is 42.1 Å². The van der Waals surface area contributed by atoms with Crippen LogP contribution in [-0.4, -0.2) is 26.9 Å². The van der Waals surface area contributed by atoms with Crippen molar-refractivity contribution in [3.05, 3.63) is 59.3 Å². The van der Waals surface area contributed by atoms with E-state index in [0.29, 0.717) is 10.7 Å². The molecule has 5 nitrogen and oxygen atoms in total. The summed E-state index contributed by atoms with van der Waals surface area (Å²) in [6.07, 6.45) is 2.79. The normalized spacial score (nSPS) is 11.9. The van der Waals surface area contributed by atoms with Crippen LogP contribution in [0.25, 0.3) is 16.6 Å². The van der Waals surface area contributed by atoms with Crippen LogP contribution in [0.15, 0.2) is 42.5 Å². The fourth-order valence-electron chi connectivity index (χ4n) is 3.87. The number of aryl methyl sites for hydroxylation is 2. The van der Waals surface area contributed by atoms with E-state index in [1.54, 1.807) is 7.05 Å². The first-order valence-corrected chi connectivity index (χ1v) is 10.9. The number of aromatic nitrogens is 1. The van der Waals surface area contributed by atoms with E-state index in [4.69, 9.17) is 12.2 Å². The van der Waals surface area contributed by atoms with Gasteiger partial charge >= 0.3 is 0 Å². The number of phenols is 2. The standard InChI is InChI=1S/C25H31N3O2S/c1-7-8-22(20-13-19(15(2)3)23(29)14-24(20)30)28(25(31)26-5)18-9-10-21-17(12-18)11-16(4)27(21)6/h8-15,29-30H,7H2,1-6H3,(H,26,31). The molecule has 0 aliphatic rings. The summed E-state index contributed by atoms with van der Waals surface area (Å²) in [5.74, 6) is 0.216. The zero-order chi connectivity index (χ0) is 22.9. The summed E-state index contributed by atoms with van der Waals surface area (Å²) in [7, 11) is 3.85. The molecule has 0 bridgehead atoms. The predicted molar refractivity (Wildman–Crippen MR) is 134 cm³/mol. The molecule has 0 spiro atoms. The van der Waals surface area contributed by atoms with E-state index in [9.17, 15) is 10.2 Å². The topological polar surface area (TPSA) is 60.7 Å². The average Bonchev–Trinajstić information content (AvgIpc) is 3.00. The molecule has 0 aliphatic carbocycles. The highest BCUT2D eigenvalue weighted by molar-refractivity contribution is 7.80. The van der Waals surface area contributed by atoms with Gasteiger partial charge in [-0.3, -0.25) is 4.90 Å². The van der Waals surface area contributed by atoms with E-state index < -0.39 is 0 Å². The molecule has 1 aromatic heterocycles. The van der Waals surface area contributed by atoms with Crippen LogP contribution in [0.4, 0.5) is 5.69 Å². The fraction of sp³-hybridized carbons (Fsp3) is 0.320. The van der Waals surface area contributed by atoms with Crippen LogP contribution < -0.4 is 10.2 Å². The van der Waals surface area contributed by atoms with Gasteiger partial charge in [0.1, 0.15) is 11.5 Å². The lowest BCUT2D eigenvalue weighted by atomic mass is 9.96. The molecule has 164 valence electrons. The quantitative estimate of drug-likeness (QED) is 0.442. The summed E-state index contributed by atoms with van der Waals surface area (Å²) in [5.41, 5.74) is 5.40. The Labute approximate surface area is 189 Å². The molecule has 0 saturated heterocycles. The molecule has 0 amide bonds. The van der Waals surface area contributed by atoms with Gasteiger partial charge in [0.25, 0.3) is 0 Å². The van der Waals surface area contributed by atoms with E-state index in [1.165, 1.54) is 11.8 Å². The second-order valence-corrected chi connectivity index (χ2v) is 8.45. The Bertz CT molecular complexity index is 1160. The number of anilines is 1.